The second-order valence-corrected chi connectivity index (χ2v) is 3.90. The van der Waals surface area contributed by atoms with Gasteiger partial charge in [-0.05, 0) is 32.6 Å². The summed E-state index contributed by atoms with van der Waals surface area (Å²) in [6.45, 7) is 9.37. The lowest BCUT2D eigenvalue weighted by atomic mass is 9.92. The maximum atomic E-state index is 8.94. The van der Waals surface area contributed by atoms with Gasteiger partial charge in [0.05, 0.1) is 6.07 Å². The molecule has 0 aliphatic rings. The lowest BCUT2D eigenvalue weighted by molar-refractivity contribution is -0.141. The predicted octanol–water partition coefficient (Wildman–Crippen LogP) is 2.96. The third-order valence-corrected chi connectivity index (χ3v) is 2.39. The molecule has 0 fully saturated rings. The lowest BCUT2D eigenvalue weighted by Crippen LogP contribution is -2.19. The summed E-state index contributed by atoms with van der Waals surface area (Å²) in [4.78, 5) is 0. The Kier molecular flexibility index (Phi) is 8.35. The molecule has 0 aliphatic carbocycles. The zero-order chi connectivity index (χ0) is 11.7. The summed E-state index contributed by atoms with van der Waals surface area (Å²) in [7, 11) is 0. The highest BCUT2D eigenvalue weighted by molar-refractivity contribution is 4.84. The van der Waals surface area contributed by atoms with E-state index >= 15 is 0 Å². The number of hydrogen-bond acceptors (Lipinski definition) is 3. The summed E-state index contributed by atoms with van der Waals surface area (Å²) in [5.41, 5.74) is 0. The van der Waals surface area contributed by atoms with Gasteiger partial charge in [0.25, 0.3) is 0 Å². The van der Waals surface area contributed by atoms with Gasteiger partial charge >= 0.3 is 0 Å². The van der Waals surface area contributed by atoms with E-state index in [0.717, 1.165) is 12.8 Å². The fraction of sp³-hybridized carbons (Fsp3) is 0.917. The van der Waals surface area contributed by atoms with Crippen LogP contribution >= 0.6 is 0 Å². The van der Waals surface area contributed by atoms with Gasteiger partial charge in [0, 0.05) is 19.1 Å². The Morgan fingerprint density at radius 3 is 1.93 bits per heavy atom. The molecule has 0 saturated carbocycles. The zero-order valence-electron chi connectivity index (χ0n) is 10.3. The minimum Gasteiger partial charge on any atom is -0.353 e. The lowest BCUT2D eigenvalue weighted by Gasteiger charge is -2.19. The molecule has 0 N–H and O–H groups in total. The SMILES string of the molecule is CCOC(CCC(C#N)C(C)C)OCC. The van der Waals surface area contributed by atoms with Gasteiger partial charge in [0.2, 0.25) is 0 Å². The molecule has 0 aromatic carbocycles. The smallest absolute Gasteiger partial charge is 0.157 e. The van der Waals surface area contributed by atoms with Crippen molar-refractivity contribution in [1.82, 2.24) is 0 Å². The minimum absolute atomic E-state index is 0.105. The van der Waals surface area contributed by atoms with E-state index in [-0.39, 0.29) is 12.2 Å². The van der Waals surface area contributed by atoms with E-state index in [2.05, 4.69) is 19.9 Å². The number of rotatable bonds is 8. The fourth-order valence-corrected chi connectivity index (χ4v) is 1.45. The van der Waals surface area contributed by atoms with E-state index in [1.165, 1.54) is 0 Å². The Hall–Kier alpha value is -0.590. The third kappa shape index (κ3) is 6.48. The Labute approximate surface area is 93.4 Å². The highest BCUT2D eigenvalue weighted by Gasteiger charge is 2.16. The second kappa shape index (κ2) is 8.70. The molecule has 88 valence electrons. The monoisotopic (exact) mass is 213 g/mol. The van der Waals surface area contributed by atoms with Gasteiger partial charge in [0.15, 0.2) is 6.29 Å². The first-order valence-electron chi connectivity index (χ1n) is 5.78. The maximum Gasteiger partial charge on any atom is 0.157 e. The molecule has 0 saturated heterocycles. The molecule has 0 aromatic rings. The van der Waals surface area contributed by atoms with Gasteiger partial charge in [-0.2, -0.15) is 5.26 Å². The zero-order valence-corrected chi connectivity index (χ0v) is 10.3. The number of hydrogen-bond donors (Lipinski definition) is 0. The highest BCUT2D eigenvalue weighted by Crippen LogP contribution is 2.18. The second-order valence-electron chi connectivity index (χ2n) is 3.90. The van der Waals surface area contributed by atoms with Crippen molar-refractivity contribution in [1.29, 1.82) is 5.26 Å². The summed E-state index contributed by atoms with van der Waals surface area (Å²) in [5.74, 6) is 0.507. The molecule has 15 heavy (non-hydrogen) atoms. The van der Waals surface area contributed by atoms with Crippen molar-refractivity contribution in [3.05, 3.63) is 0 Å². The van der Waals surface area contributed by atoms with Crippen LogP contribution in [0.2, 0.25) is 0 Å². The Balaban J connectivity index is 3.91. The summed E-state index contributed by atoms with van der Waals surface area (Å²) in [5, 5.41) is 8.94. The molecule has 3 nitrogen and oxygen atoms in total. The van der Waals surface area contributed by atoms with E-state index < -0.39 is 0 Å². The quantitative estimate of drug-likeness (QED) is 0.582. The summed E-state index contributed by atoms with van der Waals surface area (Å²) >= 11 is 0. The Morgan fingerprint density at radius 1 is 1.07 bits per heavy atom. The van der Waals surface area contributed by atoms with E-state index in [9.17, 15) is 0 Å². The van der Waals surface area contributed by atoms with Crippen LogP contribution in [0.15, 0.2) is 0 Å². The molecule has 0 spiro atoms. The number of nitriles is 1. The van der Waals surface area contributed by atoms with Crippen molar-refractivity contribution in [3.63, 3.8) is 0 Å². The third-order valence-electron chi connectivity index (χ3n) is 2.39. The maximum absolute atomic E-state index is 8.94. The standard InChI is InChI=1S/C12H23NO2/c1-5-14-12(15-6-2)8-7-11(9-13)10(3)4/h10-12H,5-8H2,1-4H3. The molecular weight excluding hydrogens is 190 g/mol. The van der Waals surface area contributed by atoms with Crippen molar-refractivity contribution in [2.24, 2.45) is 11.8 Å². The van der Waals surface area contributed by atoms with Crippen molar-refractivity contribution in [3.8, 4) is 6.07 Å². The normalized spacial score (nSPS) is 13.1. The van der Waals surface area contributed by atoms with Gasteiger partial charge in [0.1, 0.15) is 0 Å². The van der Waals surface area contributed by atoms with Gasteiger partial charge in [-0.15, -0.1) is 0 Å². The Morgan fingerprint density at radius 2 is 1.60 bits per heavy atom. The van der Waals surface area contributed by atoms with Crippen LogP contribution < -0.4 is 0 Å². The van der Waals surface area contributed by atoms with Crippen LogP contribution in [-0.2, 0) is 9.47 Å². The van der Waals surface area contributed by atoms with Gasteiger partial charge in [-0.3, -0.25) is 0 Å². The van der Waals surface area contributed by atoms with Crippen molar-refractivity contribution in [2.45, 2.75) is 46.8 Å². The average Bonchev–Trinajstić information content (AvgIpc) is 2.18. The first-order chi connectivity index (χ1) is 7.15. The molecule has 0 bridgehead atoms. The molecule has 0 amide bonds. The fourth-order valence-electron chi connectivity index (χ4n) is 1.45. The topological polar surface area (TPSA) is 42.2 Å². The largest absolute Gasteiger partial charge is 0.353 e. The molecule has 0 aliphatic heterocycles. The molecule has 1 unspecified atom stereocenters. The van der Waals surface area contributed by atoms with Crippen LogP contribution in [0, 0.1) is 23.2 Å². The molecule has 0 rings (SSSR count). The molecule has 0 aromatic heterocycles. The minimum atomic E-state index is -0.144. The average molecular weight is 213 g/mol. The summed E-state index contributed by atoms with van der Waals surface area (Å²) in [6, 6.07) is 2.33. The summed E-state index contributed by atoms with van der Waals surface area (Å²) < 4.78 is 10.9. The van der Waals surface area contributed by atoms with Gasteiger partial charge in [-0.1, -0.05) is 13.8 Å². The number of nitrogens with zero attached hydrogens (tertiary/aromatic N) is 1. The van der Waals surface area contributed by atoms with Gasteiger partial charge < -0.3 is 9.47 Å². The van der Waals surface area contributed by atoms with Crippen molar-refractivity contribution < 1.29 is 9.47 Å². The first kappa shape index (κ1) is 14.4. The van der Waals surface area contributed by atoms with Crippen LogP contribution in [0.1, 0.15) is 40.5 Å². The van der Waals surface area contributed by atoms with Crippen LogP contribution in [0.3, 0.4) is 0 Å². The van der Waals surface area contributed by atoms with Crippen molar-refractivity contribution >= 4 is 0 Å². The van der Waals surface area contributed by atoms with Crippen LogP contribution in [0.4, 0.5) is 0 Å². The van der Waals surface area contributed by atoms with Crippen LogP contribution in [-0.4, -0.2) is 19.5 Å². The van der Waals surface area contributed by atoms with Crippen LogP contribution in [0.5, 0.6) is 0 Å². The van der Waals surface area contributed by atoms with E-state index in [1.54, 1.807) is 0 Å². The Bertz CT molecular complexity index is 181. The van der Waals surface area contributed by atoms with Crippen molar-refractivity contribution in [2.75, 3.05) is 13.2 Å². The molecule has 1 atom stereocenters. The molecule has 0 radical (unpaired) electrons. The predicted molar refractivity (Wildman–Crippen MR) is 60.2 cm³/mol. The first-order valence-corrected chi connectivity index (χ1v) is 5.78. The highest BCUT2D eigenvalue weighted by atomic mass is 16.7. The van der Waals surface area contributed by atoms with E-state index in [4.69, 9.17) is 14.7 Å². The molecular formula is C12H23NO2. The van der Waals surface area contributed by atoms with E-state index in [0.29, 0.717) is 19.1 Å². The van der Waals surface area contributed by atoms with E-state index in [1.807, 2.05) is 13.8 Å². The summed E-state index contributed by atoms with van der Waals surface area (Å²) in [6.07, 6.45) is 1.51. The van der Waals surface area contributed by atoms with Gasteiger partial charge in [-0.25, -0.2) is 0 Å². The molecule has 0 heterocycles. The number of ether oxygens (including phenoxy) is 2. The molecule has 3 heteroatoms. The van der Waals surface area contributed by atoms with Crippen LogP contribution in [0.25, 0.3) is 0 Å².